The van der Waals surface area contributed by atoms with E-state index in [-0.39, 0.29) is 12.1 Å². The number of rotatable bonds is 6. The third kappa shape index (κ3) is 6.03. The lowest BCUT2D eigenvalue weighted by atomic mass is 9.98. The minimum Gasteiger partial charge on any atom is -0.481 e. The van der Waals surface area contributed by atoms with E-state index in [2.05, 4.69) is 11.8 Å². The molecule has 118 valence electrons. The molecule has 0 N–H and O–H groups in total. The molecule has 0 radical (unpaired) electrons. The van der Waals surface area contributed by atoms with E-state index < -0.39 is 0 Å². The van der Waals surface area contributed by atoms with Gasteiger partial charge in [-0.1, -0.05) is 12.3 Å². The van der Waals surface area contributed by atoms with Gasteiger partial charge in [-0.3, -0.25) is 4.79 Å². The molecule has 0 bridgehead atoms. The van der Waals surface area contributed by atoms with Crippen molar-refractivity contribution in [3.05, 3.63) is 24.3 Å². The first-order valence-corrected chi connectivity index (χ1v) is 8.71. The van der Waals surface area contributed by atoms with Crippen LogP contribution in [0.5, 0.6) is 5.75 Å². The molecule has 4 heteroatoms. The summed E-state index contributed by atoms with van der Waals surface area (Å²) >= 11 is 1.50. The van der Waals surface area contributed by atoms with Gasteiger partial charge in [0.15, 0.2) is 0 Å². The minimum absolute atomic E-state index is 0.115. The molecule has 1 fully saturated rings. The lowest BCUT2D eigenvalue weighted by Gasteiger charge is -2.21. The summed E-state index contributed by atoms with van der Waals surface area (Å²) in [4.78, 5) is 12.9. The topological polar surface area (TPSA) is 35.5 Å². The van der Waals surface area contributed by atoms with Gasteiger partial charge < -0.3 is 9.47 Å². The Kier molecular flexibility index (Phi) is 7.18. The quantitative estimate of drug-likeness (QED) is 0.450. The Morgan fingerprint density at radius 2 is 1.95 bits per heavy atom. The number of hydrogen-bond donors (Lipinski definition) is 0. The molecule has 1 aliphatic carbocycles. The molecule has 2 rings (SSSR count). The van der Waals surface area contributed by atoms with Crippen molar-refractivity contribution in [2.45, 2.75) is 50.0 Å². The van der Waals surface area contributed by atoms with Gasteiger partial charge in [0.05, 0.1) is 5.75 Å². The van der Waals surface area contributed by atoms with Crippen molar-refractivity contribution in [1.29, 1.82) is 0 Å². The van der Waals surface area contributed by atoms with Crippen molar-refractivity contribution in [1.82, 2.24) is 0 Å². The predicted octanol–water partition coefficient (Wildman–Crippen LogP) is 4.06. The fourth-order valence-electron chi connectivity index (χ4n) is 2.37. The Bertz CT molecular complexity index is 522. The van der Waals surface area contributed by atoms with E-state index in [0.717, 1.165) is 23.5 Å². The van der Waals surface area contributed by atoms with E-state index in [9.17, 15) is 4.79 Å². The maximum atomic E-state index is 11.8. The molecule has 0 atom stereocenters. The molecule has 1 aromatic rings. The Labute approximate surface area is 136 Å². The van der Waals surface area contributed by atoms with Gasteiger partial charge in [-0.2, -0.15) is 0 Å². The fraction of sp³-hybridized carbons (Fsp3) is 0.500. The first kappa shape index (κ1) is 16.8. The molecule has 3 nitrogen and oxygen atoms in total. The summed E-state index contributed by atoms with van der Waals surface area (Å²) < 4.78 is 11.0. The average Bonchev–Trinajstić information content (AvgIpc) is 2.55. The molecule has 1 aliphatic rings. The van der Waals surface area contributed by atoms with E-state index in [1.54, 1.807) is 6.92 Å². The number of carbonyl (C=O) groups is 1. The standard InChI is InChI=1S/C18H22O3S/c1-2-3-13-20-15-9-11-17(12-10-15)22-14-18(19)21-16-7-5-4-6-8-16/h9-12,16H,4-8,13-14H2,1H3. The summed E-state index contributed by atoms with van der Waals surface area (Å²) in [5.74, 6) is 6.67. The Balaban J connectivity index is 1.71. The third-order valence-electron chi connectivity index (χ3n) is 3.52. The number of esters is 1. The van der Waals surface area contributed by atoms with Crippen LogP contribution in [0.2, 0.25) is 0 Å². The molecule has 0 aromatic heterocycles. The fourth-order valence-corrected chi connectivity index (χ4v) is 3.05. The SMILES string of the molecule is CC#CCOc1ccc(SCC(=O)OC2CCCCC2)cc1. The summed E-state index contributed by atoms with van der Waals surface area (Å²) in [5, 5.41) is 0. The zero-order chi connectivity index (χ0) is 15.6. The molecule has 1 aromatic carbocycles. The Hall–Kier alpha value is -1.60. The number of hydrogen-bond acceptors (Lipinski definition) is 4. The molecule has 1 saturated carbocycles. The number of thioether (sulfide) groups is 1. The number of ether oxygens (including phenoxy) is 2. The largest absolute Gasteiger partial charge is 0.481 e. The van der Waals surface area contributed by atoms with Crippen LogP contribution in [0.3, 0.4) is 0 Å². The molecule has 0 saturated heterocycles. The van der Waals surface area contributed by atoms with Gasteiger partial charge >= 0.3 is 5.97 Å². The van der Waals surface area contributed by atoms with E-state index in [1.807, 2.05) is 24.3 Å². The van der Waals surface area contributed by atoms with Crippen LogP contribution in [0.1, 0.15) is 39.0 Å². The molecule has 0 aliphatic heterocycles. The van der Waals surface area contributed by atoms with Gasteiger partial charge in [0.25, 0.3) is 0 Å². The summed E-state index contributed by atoms with van der Waals surface area (Å²) in [5.41, 5.74) is 0. The Morgan fingerprint density at radius 3 is 2.64 bits per heavy atom. The second-order valence-electron chi connectivity index (χ2n) is 5.23. The normalized spacial score (nSPS) is 14.8. The van der Waals surface area contributed by atoms with Gasteiger partial charge in [0, 0.05) is 4.90 Å². The van der Waals surface area contributed by atoms with Crippen LogP contribution in [-0.2, 0) is 9.53 Å². The van der Waals surface area contributed by atoms with Crippen molar-refractivity contribution in [3.8, 4) is 17.6 Å². The first-order chi connectivity index (χ1) is 10.8. The lowest BCUT2D eigenvalue weighted by molar-refractivity contribution is -0.147. The van der Waals surface area contributed by atoms with Crippen LogP contribution < -0.4 is 4.74 Å². The van der Waals surface area contributed by atoms with Crippen LogP contribution in [0, 0.1) is 11.8 Å². The molecule has 0 heterocycles. The van der Waals surface area contributed by atoms with E-state index >= 15 is 0 Å². The van der Waals surface area contributed by atoms with E-state index in [4.69, 9.17) is 9.47 Å². The predicted molar refractivity (Wildman–Crippen MR) is 89.1 cm³/mol. The van der Waals surface area contributed by atoms with Gasteiger partial charge in [-0.15, -0.1) is 17.7 Å². The van der Waals surface area contributed by atoms with Gasteiger partial charge in [-0.25, -0.2) is 0 Å². The minimum atomic E-state index is -0.115. The lowest BCUT2D eigenvalue weighted by Crippen LogP contribution is -2.21. The zero-order valence-corrected chi connectivity index (χ0v) is 13.8. The van der Waals surface area contributed by atoms with Crippen molar-refractivity contribution in [2.24, 2.45) is 0 Å². The number of carbonyl (C=O) groups excluding carboxylic acids is 1. The third-order valence-corrected chi connectivity index (χ3v) is 4.50. The first-order valence-electron chi connectivity index (χ1n) is 7.72. The average molecular weight is 318 g/mol. The molecule has 0 amide bonds. The molecule has 0 spiro atoms. The highest BCUT2D eigenvalue weighted by atomic mass is 32.2. The van der Waals surface area contributed by atoms with Crippen LogP contribution in [-0.4, -0.2) is 24.4 Å². The van der Waals surface area contributed by atoms with Gasteiger partial charge in [-0.05, 0) is 56.9 Å². The monoisotopic (exact) mass is 318 g/mol. The van der Waals surface area contributed by atoms with Gasteiger partial charge in [0.2, 0.25) is 0 Å². The smallest absolute Gasteiger partial charge is 0.316 e. The second kappa shape index (κ2) is 9.42. The van der Waals surface area contributed by atoms with Crippen LogP contribution in [0.15, 0.2) is 29.2 Å². The van der Waals surface area contributed by atoms with Crippen molar-refractivity contribution < 1.29 is 14.3 Å². The van der Waals surface area contributed by atoms with Gasteiger partial charge in [0.1, 0.15) is 18.5 Å². The van der Waals surface area contributed by atoms with E-state index in [1.165, 1.54) is 31.0 Å². The van der Waals surface area contributed by atoms with Crippen LogP contribution >= 0.6 is 11.8 Å². The van der Waals surface area contributed by atoms with Crippen LogP contribution in [0.4, 0.5) is 0 Å². The number of benzene rings is 1. The Morgan fingerprint density at radius 1 is 1.23 bits per heavy atom. The molecule has 0 unspecified atom stereocenters. The highest BCUT2D eigenvalue weighted by Gasteiger charge is 2.17. The van der Waals surface area contributed by atoms with E-state index in [0.29, 0.717) is 12.4 Å². The summed E-state index contributed by atoms with van der Waals surface area (Å²) in [6.07, 6.45) is 5.79. The zero-order valence-electron chi connectivity index (χ0n) is 13.0. The van der Waals surface area contributed by atoms with Crippen LogP contribution in [0.25, 0.3) is 0 Å². The van der Waals surface area contributed by atoms with Crippen molar-refractivity contribution in [3.63, 3.8) is 0 Å². The maximum Gasteiger partial charge on any atom is 0.316 e. The summed E-state index contributed by atoms with van der Waals surface area (Å²) in [6.45, 7) is 2.19. The van der Waals surface area contributed by atoms with Crippen molar-refractivity contribution >= 4 is 17.7 Å². The molecular weight excluding hydrogens is 296 g/mol. The highest BCUT2D eigenvalue weighted by Crippen LogP contribution is 2.24. The van der Waals surface area contributed by atoms with Crippen molar-refractivity contribution in [2.75, 3.05) is 12.4 Å². The highest BCUT2D eigenvalue weighted by molar-refractivity contribution is 8.00. The maximum absolute atomic E-state index is 11.8. The second-order valence-corrected chi connectivity index (χ2v) is 6.27. The molecule has 22 heavy (non-hydrogen) atoms. The summed E-state index contributed by atoms with van der Waals surface area (Å²) in [7, 11) is 0. The summed E-state index contributed by atoms with van der Waals surface area (Å²) in [6, 6.07) is 7.69. The molecular formula is C18H22O3S.